The number of hydrogen-bond donors (Lipinski definition) is 3. The molecule has 0 saturated carbocycles. The van der Waals surface area contributed by atoms with Gasteiger partial charge in [0.05, 0.1) is 5.69 Å². The van der Waals surface area contributed by atoms with Gasteiger partial charge in [-0.25, -0.2) is 4.98 Å². The minimum Gasteiger partial charge on any atom is -0.355 e. The highest BCUT2D eigenvalue weighted by Gasteiger charge is 2.09. The Morgan fingerprint density at radius 1 is 1.04 bits per heavy atom. The van der Waals surface area contributed by atoms with Crippen LogP contribution in [-0.4, -0.2) is 16.5 Å². The molecule has 3 heterocycles. The van der Waals surface area contributed by atoms with E-state index in [0.29, 0.717) is 5.65 Å². The lowest BCUT2D eigenvalue weighted by molar-refractivity contribution is 0.681. The highest BCUT2D eigenvalue weighted by Crippen LogP contribution is 2.26. The Kier molecular flexibility index (Phi) is 6.42. The third kappa shape index (κ3) is 4.12. The summed E-state index contributed by atoms with van der Waals surface area (Å²) in [5.74, 6) is 0. The minimum absolute atomic E-state index is 0. The molecule has 1 aliphatic rings. The molecule has 25 heavy (non-hydrogen) atoms. The second-order valence-electron chi connectivity index (χ2n) is 5.83. The van der Waals surface area contributed by atoms with Gasteiger partial charge in [0.15, 0.2) is 0 Å². The smallest absolute Gasteiger partial charge is 0.249 e. The molecule has 0 aliphatic carbocycles. The Hall–Kier alpha value is -2.08. The summed E-state index contributed by atoms with van der Waals surface area (Å²) in [5.41, 5.74) is 5.21. The molecule has 2 aromatic heterocycles. The molecule has 0 unspecified atom stereocenters. The van der Waals surface area contributed by atoms with E-state index < -0.39 is 0 Å². The number of rotatable bonds is 2. The van der Waals surface area contributed by atoms with Crippen LogP contribution >= 0.6 is 24.8 Å². The summed E-state index contributed by atoms with van der Waals surface area (Å²) in [6.45, 7) is 1.98. The van der Waals surface area contributed by atoms with Gasteiger partial charge in [0.2, 0.25) is 5.56 Å². The van der Waals surface area contributed by atoms with Crippen molar-refractivity contribution in [2.45, 2.75) is 19.4 Å². The van der Waals surface area contributed by atoms with Gasteiger partial charge in [-0.1, -0.05) is 6.07 Å². The number of halogens is 2. The number of fused-ring (bicyclic) bond motifs is 2. The Morgan fingerprint density at radius 2 is 1.92 bits per heavy atom. The number of hydrogen-bond acceptors (Lipinski definition) is 4. The van der Waals surface area contributed by atoms with E-state index in [4.69, 9.17) is 0 Å². The molecule has 0 amide bonds. The van der Waals surface area contributed by atoms with Crippen LogP contribution in [0, 0.1) is 0 Å². The van der Waals surface area contributed by atoms with Crippen molar-refractivity contribution in [1.82, 2.24) is 15.3 Å². The van der Waals surface area contributed by atoms with Crippen LogP contribution in [-0.2, 0) is 13.0 Å². The number of aromatic nitrogens is 2. The van der Waals surface area contributed by atoms with E-state index in [2.05, 4.69) is 38.8 Å². The average molecular weight is 379 g/mol. The molecule has 0 atom stereocenters. The van der Waals surface area contributed by atoms with Crippen molar-refractivity contribution in [2.24, 2.45) is 0 Å². The van der Waals surface area contributed by atoms with Crippen LogP contribution < -0.4 is 16.2 Å². The summed E-state index contributed by atoms with van der Waals surface area (Å²) in [5, 5.41) is 7.80. The first-order chi connectivity index (χ1) is 11.3. The number of nitrogens with one attached hydrogen (secondary N) is 3. The van der Waals surface area contributed by atoms with Gasteiger partial charge in [-0.05, 0) is 54.8 Å². The van der Waals surface area contributed by atoms with Gasteiger partial charge in [0.1, 0.15) is 5.65 Å². The maximum atomic E-state index is 11.4. The van der Waals surface area contributed by atoms with E-state index in [1.807, 2.05) is 6.07 Å². The zero-order valence-corrected chi connectivity index (χ0v) is 15.2. The van der Waals surface area contributed by atoms with Crippen molar-refractivity contribution >= 4 is 47.2 Å². The molecule has 0 bridgehead atoms. The van der Waals surface area contributed by atoms with Crippen LogP contribution in [0.1, 0.15) is 17.5 Å². The van der Waals surface area contributed by atoms with Crippen LogP contribution in [0.5, 0.6) is 0 Å². The quantitative estimate of drug-likeness (QED) is 0.637. The van der Waals surface area contributed by atoms with Crippen LogP contribution in [0.4, 0.5) is 11.4 Å². The highest BCUT2D eigenvalue weighted by molar-refractivity contribution is 5.90. The van der Waals surface area contributed by atoms with Gasteiger partial charge in [-0.15, -0.1) is 24.8 Å². The van der Waals surface area contributed by atoms with Crippen molar-refractivity contribution in [2.75, 3.05) is 11.9 Å². The van der Waals surface area contributed by atoms with Crippen molar-refractivity contribution < 1.29 is 0 Å². The predicted molar refractivity (Wildman–Crippen MR) is 107 cm³/mol. The first-order valence-corrected chi connectivity index (χ1v) is 7.87. The van der Waals surface area contributed by atoms with Crippen molar-refractivity contribution in [3.05, 3.63) is 64.1 Å². The first-order valence-electron chi connectivity index (χ1n) is 7.87. The SMILES string of the molecule is Cl.Cl.O=c1ccc2c(Nc3ccc4c(c3)CNCCC4)ccnc2[nH]1. The molecule has 3 aromatic rings. The van der Waals surface area contributed by atoms with Gasteiger partial charge in [0, 0.05) is 29.9 Å². The highest BCUT2D eigenvalue weighted by atomic mass is 35.5. The molecule has 0 fully saturated rings. The third-order valence-electron chi connectivity index (χ3n) is 4.23. The Balaban J connectivity index is 0.00000113. The van der Waals surface area contributed by atoms with E-state index in [-0.39, 0.29) is 30.4 Å². The van der Waals surface area contributed by atoms with E-state index in [1.54, 1.807) is 12.3 Å². The maximum Gasteiger partial charge on any atom is 0.249 e. The van der Waals surface area contributed by atoms with Gasteiger partial charge in [0.25, 0.3) is 0 Å². The minimum atomic E-state index is -0.141. The normalized spacial score (nSPS) is 13.1. The zero-order chi connectivity index (χ0) is 15.6. The van der Waals surface area contributed by atoms with Gasteiger partial charge < -0.3 is 15.6 Å². The average Bonchev–Trinajstić information content (AvgIpc) is 2.79. The molecule has 3 N–H and O–H groups in total. The van der Waals surface area contributed by atoms with E-state index in [9.17, 15) is 4.79 Å². The number of H-pyrrole nitrogens is 1. The Bertz CT molecular complexity index is 926. The van der Waals surface area contributed by atoms with Crippen LogP contribution in [0.3, 0.4) is 0 Å². The lowest BCUT2D eigenvalue weighted by atomic mass is 10.0. The number of nitrogens with zero attached hydrogens (tertiary/aromatic N) is 1. The monoisotopic (exact) mass is 378 g/mol. The third-order valence-corrected chi connectivity index (χ3v) is 4.23. The molecular weight excluding hydrogens is 359 g/mol. The Morgan fingerprint density at radius 3 is 2.80 bits per heavy atom. The van der Waals surface area contributed by atoms with E-state index in [1.165, 1.54) is 23.6 Å². The molecule has 7 heteroatoms. The number of pyridine rings is 2. The maximum absolute atomic E-state index is 11.4. The fourth-order valence-electron chi connectivity index (χ4n) is 3.06. The van der Waals surface area contributed by atoms with Crippen LogP contribution in [0.2, 0.25) is 0 Å². The lowest BCUT2D eigenvalue weighted by Gasteiger charge is -2.12. The number of anilines is 2. The fraction of sp³-hybridized carbons (Fsp3) is 0.222. The zero-order valence-electron chi connectivity index (χ0n) is 13.5. The van der Waals surface area contributed by atoms with E-state index in [0.717, 1.165) is 36.3 Å². The second-order valence-corrected chi connectivity index (χ2v) is 5.83. The van der Waals surface area contributed by atoms with Crippen LogP contribution in [0.15, 0.2) is 47.4 Å². The Labute approximate surface area is 158 Å². The molecule has 5 nitrogen and oxygen atoms in total. The molecule has 0 spiro atoms. The summed E-state index contributed by atoms with van der Waals surface area (Å²) in [6.07, 6.45) is 4.01. The topological polar surface area (TPSA) is 69.8 Å². The molecule has 0 saturated heterocycles. The molecular formula is C18H20Cl2N4O. The van der Waals surface area contributed by atoms with Crippen molar-refractivity contribution in [1.29, 1.82) is 0 Å². The number of benzene rings is 1. The van der Waals surface area contributed by atoms with Crippen molar-refractivity contribution in [3.8, 4) is 0 Å². The predicted octanol–water partition coefficient (Wildman–Crippen LogP) is 3.55. The first kappa shape index (κ1) is 19.2. The summed E-state index contributed by atoms with van der Waals surface area (Å²) in [6, 6.07) is 11.8. The fourth-order valence-corrected chi connectivity index (χ4v) is 3.06. The summed E-state index contributed by atoms with van der Waals surface area (Å²) in [7, 11) is 0. The van der Waals surface area contributed by atoms with Gasteiger partial charge >= 0.3 is 0 Å². The molecule has 132 valence electrons. The number of aryl methyl sites for hydroxylation is 1. The standard InChI is InChI=1S/C18H18N4O.2ClH/c23-17-6-5-15-16(7-9-20-18(15)22-17)21-14-4-3-12-2-1-8-19-11-13(12)10-14;;/h3-7,9-10,19H,1-2,8,11H2,(H2,20,21,22,23);2*1H. The summed E-state index contributed by atoms with van der Waals surface area (Å²) >= 11 is 0. The lowest BCUT2D eigenvalue weighted by Crippen LogP contribution is -2.12. The van der Waals surface area contributed by atoms with E-state index >= 15 is 0 Å². The molecule has 4 rings (SSSR count). The summed E-state index contributed by atoms with van der Waals surface area (Å²) < 4.78 is 0. The molecule has 1 aromatic carbocycles. The molecule has 0 radical (unpaired) electrons. The largest absolute Gasteiger partial charge is 0.355 e. The van der Waals surface area contributed by atoms with Gasteiger partial charge in [-0.3, -0.25) is 4.79 Å². The van der Waals surface area contributed by atoms with Crippen molar-refractivity contribution in [3.63, 3.8) is 0 Å². The second kappa shape index (κ2) is 8.34. The summed E-state index contributed by atoms with van der Waals surface area (Å²) in [4.78, 5) is 18.4. The van der Waals surface area contributed by atoms with Crippen LogP contribution in [0.25, 0.3) is 11.0 Å². The van der Waals surface area contributed by atoms with Gasteiger partial charge in [-0.2, -0.15) is 0 Å². The molecule has 1 aliphatic heterocycles. The number of aromatic amines is 1.